The number of carbonyl (C=O) groups is 1. The quantitative estimate of drug-likeness (QED) is 0.582. The van der Waals surface area contributed by atoms with Crippen LogP contribution in [0.5, 0.6) is 0 Å². The van der Waals surface area contributed by atoms with Crippen molar-refractivity contribution in [2.24, 2.45) is 0 Å². The SMILES string of the molecule is COC(=O)CCN1CCN(S(=O)(=O)CCOC(C)C)CC1. The number of carbonyl (C=O) groups excluding carboxylic acids is 1. The van der Waals surface area contributed by atoms with E-state index in [9.17, 15) is 13.2 Å². The lowest BCUT2D eigenvalue weighted by atomic mass is 10.3. The molecule has 0 amide bonds. The molecule has 1 aliphatic heterocycles. The Morgan fingerprint density at radius 3 is 2.33 bits per heavy atom. The fourth-order valence-electron chi connectivity index (χ4n) is 2.10. The van der Waals surface area contributed by atoms with Crippen molar-refractivity contribution in [1.29, 1.82) is 0 Å². The molecule has 0 atom stereocenters. The van der Waals surface area contributed by atoms with Gasteiger partial charge in [0.1, 0.15) is 0 Å². The number of sulfonamides is 1. The molecule has 124 valence electrons. The van der Waals surface area contributed by atoms with E-state index in [2.05, 4.69) is 9.64 Å². The van der Waals surface area contributed by atoms with Crippen LogP contribution < -0.4 is 0 Å². The Balaban J connectivity index is 2.32. The summed E-state index contributed by atoms with van der Waals surface area (Å²) in [6, 6.07) is 0. The van der Waals surface area contributed by atoms with Crippen molar-refractivity contribution in [2.75, 3.05) is 52.2 Å². The molecule has 1 fully saturated rings. The van der Waals surface area contributed by atoms with Crippen molar-refractivity contribution in [3.8, 4) is 0 Å². The molecular weight excluding hydrogens is 296 g/mol. The number of ether oxygens (including phenoxy) is 2. The van der Waals surface area contributed by atoms with Gasteiger partial charge in [0.05, 0.1) is 32.0 Å². The Morgan fingerprint density at radius 2 is 1.81 bits per heavy atom. The molecule has 0 aliphatic carbocycles. The lowest BCUT2D eigenvalue weighted by molar-refractivity contribution is -0.141. The van der Waals surface area contributed by atoms with E-state index in [4.69, 9.17) is 4.74 Å². The summed E-state index contributed by atoms with van der Waals surface area (Å²) in [5.74, 6) is -0.219. The van der Waals surface area contributed by atoms with Gasteiger partial charge in [0.15, 0.2) is 0 Å². The zero-order valence-corrected chi connectivity index (χ0v) is 13.9. The average Bonchev–Trinajstić information content (AvgIpc) is 2.44. The van der Waals surface area contributed by atoms with Crippen LogP contribution in [0.25, 0.3) is 0 Å². The maximum atomic E-state index is 12.1. The van der Waals surface area contributed by atoms with Gasteiger partial charge in [0, 0.05) is 32.7 Å². The van der Waals surface area contributed by atoms with E-state index in [1.54, 1.807) is 0 Å². The molecule has 0 bridgehead atoms. The highest BCUT2D eigenvalue weighted by Crippen LogP contribution is 2.09. The highest BCUT2D eigenvalue weighted by Gasteiger charge is 2.26. The van der Waals surface area contributed by atoms with Gasteiger partial charge < -0.3 is 14.4 Å². The van der Waals surface area contributed by atoms with Gasteiger partial charge in [-0.25, -0.2) is 8.42 Å². The fraction of sp³-hybridized carbons (Fsp3) is 0.923. The molecule has 0 aromatic carbocycles. The Hall–Kier alpha value is -0.700. The maximum absolute atomic E-state index is 12.1. The van der Waals surface area contributed by atoms with Gasteiger partial charge in [0.25, 0.3) is 0 Å². The molecular formula is C13H26N2O5S. The number of nitrogens with zero attached hydrogens (tertiary/aromatic N) is 2. The average molecular weight is 322 g/mol. The van der Waals surface area contributed by atoms with Crippen molar-refractivity contribution >= 4 is 16.0 Å². The highest BCUT2D eigenvalue weighted by molar-refractivity contribution is 7.89. The van der Waals surface area contributed by atoms with E-state index in [-0.39, 0.29) is 24.4 Å². The fourth-order valence-corrected chi connectivity index (χ4v) is 3.39. The Morgan fingerprint density at radius 1 is 1.19 bits per heavy atom. The summed E-state index contributed by atoms with van der Waals surface area (Å²) in [6.45, 7) is 6.80. The molecule has 1 saturated heterocycles. The molecule has 8 heteroatoms. The van der Waals surface area contributed by atoms with Gasteiger partial charge in [-0.1, -0.05) is 0 Å². The Bertz CT molecular complexity index is 416. The van der Waals surface area contributed by atoms with E-state index in [0.717, 1.165) is 0 Å². The zero-order valence-electron chi connectivity index (χ0n) is 13.1. The van der Waals surface area contributed by atoms with Gasteiger partial charge in [-0.3, -0.25) is 4.79 Å². The first kappa shape index (κ1) is 18.3. The van der Waals surface area contributed by atoms with Crippen LogP contribution in [0.3, 0.4) is 0 Å². The van der Waals surface area contributed by atoms with Gasteiger partial charge in [-0.15, -0.1) is 0 Å². The third kappa shape index (κ3) is 6.73. The van der Waals surface area contributed by atoms with Gasteiger partial charge >= 0.3 is 5.97 Å². The number of esters is 1. The smallest absolute Gasteiger partial charge is 0.306 e. The molecule has 1 aliphatic rings. The monoisotopic (exact) mass is 322 g/mol. The molecule has 0 N–H and O–H groups in total. The molecule has 1 rings (SSSR count). The van der Waals surface area contributed by atoms with E-state index in [1.165, 1.54) is 11.4 Å². The Labute approximate surface area is 127 Å². The second-order valence-corrected chi connectivity index (χ2v) is 7.39. The molecule has 0 aromatic rings. The number of hydrogen-bond acceptors (Lipinski definition) is 6. The number of methoxy groups -OCH3 is 1. The van der Waals surface area contributed by atoms with Gasteiger partial charge in [0.2, 0.25) is 10.0 Å². The minimum absolute atomic E-state index is 0.0212. The Kier molecular flexibility index (Phi) is 7.58. The second kappa shape index (κ2) is 8.67. The minimum Gasteiger partial charge on any atom is -0.469 e. The molecule has 0 radical (unpaired) electrons. The van der Waals surface area contributed by atoms with Crippen molar-refractivity contribution in [1.82, 2.24) is 9.21 Å². The summed E-state index contributed by atoms with van der Waals surface area (Å²) >= 11 is 0. The minimum atomic E-state index is -3.25. The predicted octanol–water partition coefficient (Wildman–Crippen LogP) is -0.0781. The summed E-state index contributed by atoms with van der Waals surface area (Å²) in [5.41, 5.74) is 0. The van der Waals surface area contributed by atoms with Crippen molar-refractivity contribution in [3.05, 3.63) is 0 Å². The molecule has 0 unspecified atom stereocenters. The molecule has 0 saturated carbocycles. The van der Waals surface area contributed by atoms with Gasteiger partial charge in [-0.2, -0.15) is 4.31 Å². The topological polar surface area (TPSA) is 76.2 Å². The molecule has 0 spiro atoms. The van der Waals surface area contributed by atoms with Crippen LogP contribution in [-0.4, -0.2) is 81.9 Å². The first-order valence-electron chi connectivity index (χ1n) is 7.23. The van der Waals surface area contributed by atoms with Crippen molar-refractivity contribution < 1.29 is 22.7 Å². The van der Waals surface area contributed by atoms with Gasteiger partial charge in [-0.05, 0) is 13.8 Å². The standard InChI is InChI=1S/C13H26N2O5S/c1-12(2)20-10-11-21(17,18)15-8-6-14(7-9-15)5-4-13(16)19-3/h12H,4-11H2,1-3H3. The van der Waals surface area contributed by atoms with Crippen molar-refractivity contribution in [2.45, 2.75) is 26.4 Å². The van der Waals surface area contributed by atoms with Crippen LogP contribution in [0.15, 0.2) is 0 Å². The molecule has 1 heterocycles. The summed E-state index contributed by atoms with van der Waals surface area (Å²) < 4.78 is 35.7. The lowest BCUT2D eigenvalue weighted by Crippen LogP contribution is -2.49. The summed E-state index contributed by atoms with van der Waals surface area (Å²) in [7, 11) is -1.88. The third-order valence-electron chi connectivity index (χ3n) is 3.38. The van der Waals surface area contributed by atoms with Crippen molar-refractivity contribution in [3.63, 3.8) is 0 Å². The first-order valence-corrected chi connectivity index (χ1v) is 8.84. The van der Waals surface area contributed by atoms with E-state index in [1.807, 2.05) is 13.8 Å². The van der Waals surface area contributed by atoms with Crippen LogP contribution in [0.1, 0.15) is 20.3 Å². The molecule has 7 nitrogen and oxygen atoms in total. The summed E-state index contributed by atoms with van der Waals surface area (Å²) in [4.78, 5) is 13.2. The van der Waals surface area contributed by atoms with Crippen LogP contribution in [0.2, 0.25) is 0 Å². The molecule has 0 aromatic heterocycles. The van der Waals surface area contributed by atoms with Crippen LogP contribution >= 0.6 is 0 Å². The van der Waals surface area contributed by atoms with Crippen LogP contribution in [-0.2, 0) is 24.3 Å². The largest absolute Gasteiger partial charge is 0.469 e. The number of rotatable bonds is 8. The number of piperazine rings is 1. The van der Waals surface area contributed by atoms with E-state index < -0.39 is 10.0 Å². The first-order chi connectivity index (χ1) is 9.85. The highest BCUT2D eigenvalue weighted by atomic mass is 32.2. The molecule has 21 heavy (non-hydrogen) atoms. The summed E-state index contributed by atoms with van der Waals surface area (Å²) in [6.07, 6.45) is 0.376. The second-order valence-electron chi connectivity index (χ2n) is 5.30. The van der Waals surface area contributed by atoms with Crippen LogP contribution in [0, 0.1) is 0 Å². The maximum Gasteiger partial charge on any atom is 0.306 e. The lowest BCUT2D eigenvalue weighted by Gasteiger charge is -2.33. The third-order valence-corrected chi connectivity index (χ3v) is 5.21. The number of hydrogen-bond donors (Lipinski definition) is 0. The summed E-state index contributed by atoms with van der Waals surface area (Å²) in [5, 5.41) is 0. The van der Waals surface area contributed by atoms with Crippen LogP contribution in [0.4, 0.5) is 0 Å². The van der Waals surface area contributed by atoms with E-state index in [0.29, 0.717) is 39.1 Å². The zero-order chi connectivity index (χ0) is 15.9. The predicted molar refractivity (Wildman–Crippen MR) is 79.5 cm³/mol. The normalized spacial score (nSPS) is 18.1. The van der Waals surface area contributed by atoms with E-state index >= 15 is 0 Å².